The zero-order valence-electron chi connectivity index (χ0n) is 12.4. The molecule has 0 unspecified atom stereocenters. The number of benzene rings is 1. The minimum Gasteiger partial charge on any atom is -0.495 e. The smallest absolute Gasteiger partial charge is 0.138 e. The molecule has 0 bridgehead atoms. The van der Waals surface area contributed by atoms with Gasteiger partial charge >= 0.3 is 0 Å². The van der Waals surface area contributed by atoms with Crippen LogP contribution < -0.4 is 10.5 Å². The Kier molecular flexibility index (Phi) is 3.10. The largest absolute Gasteiger partial charge is 0.495 e. The summed E-state index contributed by atoms with van der Waals surface area (Å²) in [4.78, 5) is 0. The van der Waals surface area contributed by atoms with Crippen molar-refractivity contribution in [1.29, 1.82) is 0 Å². The first-order valence-corrected chi connectivity index (χ1v) is 6.94. The highest BCUT2D eigenvalue weighted by atomic mass is 35.5. The molecule has 6 heteroatoms. The number of rotatable bonds is 2. The molecule has 0 saturated heterocycles. The molecule has 2 aromatic heterocycles. The second-order valence-corrected chi connectivity index (χ2v) is 5.51. The molecule has 0 atom stereocenters. The van der Waals surface area contributed by atoms with Crippen LogP contribution in [0.3, 0.4) is 0 Å². The number of anilines is 1. The summed E-state index contributed by atoms with van der Waals surface area (Å²) in [6.07, 6.45) is 0. The molecular formula is C15H17ClN4O. The molecule has 0 radical (unpaired) electrons. The molecule has 21 heavy (non-hydrogen) atoms. The van der Waals surface area contributed by atoms with Crippen LogP contribution in [0.2, 0.25) is 5.02 Å². The number of aromatic nitrogens is 3. The first kappa shape index (κ1) is 13.8. The summed E-state index contributed by atoms with van der Waals surface area (Å²) in [5, 5.41) is 6.13. The number of hydrogen-bond donors (Lipinski definition) is 1. The van der Waals surface area contributed by atoms with Crippen LogP contribution in [0.5, 0.6) is 5.75 Å². The first-order valence-electron chi connectivity index (χ1n) is 6.56. The quantitative estimate of drug-likeness (QED) is 0.791. The highest BCUT2D eigenvalue weighted by Crippen LogP contribution is 2.38. The summed E-state index contributed by atoms with van der Waals surface area (Å²) < 4.78 is 9.10. The van der Waals surface area contributed by atoms with E-state index in [0.29, 0.717) is 16.6 Å². The highest BCUT2D eigenvalue weighted by Gasteiger charge is 2.18. The summed E-state index contributed by atoms with van der Waals surface area (Å²) in [6.45, 7) is 2.06. The Morgan fingerprint density at radius 3 is 2.52 bits per heavy atom. The van der Waals surface area contributed by atoms with Crippen LogP contribution in [0, 0.1) is 6.92 Å². The van der Waals surface area contributed by atoms with Crippen LogP contribution in [0.4, 0.5) is 5.82 Å². The average molecular weight is 305 g/mol. The van der Waals surface area contributed by atoms with Crippen LogP contribution in [0.15, 0.2) is 18.2 Å². The molecule has 1 aromatic carbocycles. The predicted octanol–water partition coefficient (Wildman–Crippen LogP) is 3.13. The SMILES string of the molecule is COc1cc2c(-c3cc(N)n(C)n3)c(C)n(C)c2cc1Cl. The maximum Gasteiger partial charge on any atom is 0.138 e. The molecule has 0 amide bonds. The highest BCUT2D eigenvalue weighted by molar-refractivity contribution is 6.33. The average Bonchev–Trinajstić information content (AvgIpc) is 2.89. The summed E-state index contributed by atoms with van der Waals surface area (Å²) in [5.41, 5.74) is 9.95. The molecule has 2 N–H and O–H groups in total. The van der Waals surface area contributed by atoms with Crippen LogP contribution >= 0.6 is 11.6 Å². The molecule has 0 aliphatic rings. The van der Waals surface area contributed by atoms with Crippen LogP contribution in [0.1, 0.15) is 5.69 Å². The molecule has 0 spiro atoms. The van der Waals surface area contributed by atoms with Gasteiger partial charge in [0.25, 0.3) is 0 Å². The Labute approximate surface area is 127 Å². The van der Waals surface area contributed by atoms with Gasteiger partial charge in [-0.1, -0.05) is 11.6 Å². The van der Waals surface area contributed by atoms with Crippen molar-refractivity contribution in [2.24, 2.45) is 14.1 Å². The number of hydrogen-bond acceptors (Lipinski definition) is 3. The van der Waals surface area contributed by atoms with Crippen molar-refractivity contribution in [3.8, 4) is 17.0 Å². The van der Waals surface area contributed by atoms with Crippen molar-refractivity contribution in [3.05, 3.63) is 28.9 Å². The molecular weight excluding hydrogens is 288 g/mol. The van der Waals surface area contributed by atoms with E-state index >= 15 is 0 Å². The standard InChI is InChI=1S/C15H17ClN4O/c1-8-15(11-7-14(17)20(3)18-11)9-5-13(21-4)10(16)6-12(9)19(8)2/h5-7H,17H2,1-4H3. The number of methoxy groups -OCH3 is 1. The van der Waals surface area contributed by atoms with E-state index in [1.807, 2.05) is 32.3 Å². The monoisotopic (exact) mass is 304 g/mol. The first-order chi connectivity index (χ1) is 9.93. The Bertz CT molecular complexity index is 828. The number of nitrogens with two attached hydrogens (primary N) is 1. The van der Waals surface area contributed by atoms with Gasteiger partial charge in [0.2, 0.25) is 0 Å². The maximum absolute atomic E-state index is 6.23. The third-order valence-electron chi connectivity index (χ3n) is 3.94. The van der Waals surface area contributed by atoms with E-state index in [4.69, 9.17) is 22.1 Å². The van der Waals surface area contributed by atoms with Crippen LogP contribution in [-0.4, -0.2) is 21.5 Å². The van der Waals surface area contributed by atoms with Crippen molar-refractivity contribution < 1.29 is 4.74 Å². The second-order valence-electron chi connectivity index (χ2n) is 5.10. The molecule has 2 heterocycles. The molecule has 0 fully saturated rings. The summed E-state index contributed by atoms with van der Waals surface area (Å²) in [6, 6.07) is 5.74. The summed E-state index contributed by atoms with van der Waals surface area (Å²) in [7, 11) is 5.45. The Morgan fingerprint density at radius 2 is 1.95 bits per heavy atom. The number of nitrogen functional groups attached to an aromatic ring is 1. The van der Waals surface area contributed by atoms with Gasteiger partial charge in [-0.25, -0.2) is 0 Å². The number of halogens is 1. The summed E-state index contributed by atoms with van der Waals surface area (Å²) in [5.74, 6) is 1.28. The van der Waals surface area contributed by atoms with Crippen molar-refractivity contribution in [3.63, 3.8) is 0 Å². The normalized spacial score (nSPS) is 11.3. The van der Waals surface area contributed by atoms with Gasteiger partial charge in [0.15, 0.2) is 0 Å². The van der Waals surface area contributed by atoms with Gasteiger partial charge in [-0.2, -0.15) is 5.10 Å². The number of nitrogens with zero attached hydrogens (tertiary/aromatic N) is 3. The van der Waals surface area contributed by atoms with E-state index in [2.05, 4.69) is 16.6 Å². The Morgan fingerprint density at radius 1 is 1.24 bits per heavy atom. The zero-order chi connectivity index (χ0) is 15.3. The fraction of sp³-hybridized carbons (Fsp3) is 0.267. The molecule has 3 aromatic rings. The van der Waals surface area contributed by atoms with Crippen molar-refractivity contribution in [2.75, 3.05) is 12.8 Å². The van der Waals surface area contributed by atoms with Gasteiger partial charge in [-0.3, -0.25) is 4.68 Å². The Balaban J connectivity index is 2.38. The van der Waals surface area contributed by atoms with Gasteiger partial charge in [0, 0.05) is 36.8 Å². The fourth-order valence-electron chi connectivity index (χ4n) is 2.65. The van der Waals surface area contributed by atoms with Gasteiger partial charge in [0.1, 0.15) is 11.6 Å². The maximum atomic E-state index is 6.23. The van der Waals surface area contributed by atoms with Crippen LogP contribution in [-0.2, 0) is 14.1 Å². The third-order valence-corrected chi connectivity index (χ3v) is 4.23. The molecule has 3 rings (SSSR count). The van der Waals surface area contributed by atoms with E-state index in [-0.39, 0.29) is 0 Å². The molecule has 110 valence electrons. The minimum absolute atomic E-state index is 0.595. The Hall–Kier alpha value is -2.14. The second kappa shape index (κ2) is 4.70. The van der Waals surface area contributed by atoms with E-state index in [1.165, 1.54) is 0 Å². The lowest BCUT2D eigenvalue weighted by Gasteiger charge is -2.04. The predicted molar refractivity (Wildman–Crippen MR) is 85.8 cm³/mol. The molecule has 0 saturated carbocycles. The van der Waals surface area contributed by atoms with Crippen molar-refractivity contribution in [2.45, 2.75) is 6.92 Å². The third kappa shape index (κ3) is 1.96. The van der Waals surface area contributed by atoms with Crippen LogP contribution in [0.25, 0.3) is 22.2 Å². The van der Waals surface area contributed by atoms with E-state index < -0.39 is 0 Å². The number of aryl methyl sites for hydroxylation is 2. The molecule has 0 aliphatic carbocycles. The van der Waals surface area contributed by atoms with Gasteiger partial charge < -0.3 is 15.0 Å². The topological polar surface area (TPSA) is 58.0 Å². The van der Waals surface area contributed by atoms with Gasteiger partial charge in [-0.15, -0.1) is 0 Å². The van der Waals surface area contributed by atoms with Gasteiger partial charge in [0.05, 0.1) is 23.3 Å². The fourth-order valence-corrected chi connectivity index (χ4v) is 2.88. The molecule has 0 aliphatic heterocycles. The van der Waals surface area contributed by atoms with Crippen molar-refractivity contribution in [1.82, 2.24) is 14.3 Å². The number of ether oxygens (including phenoxy) is 1. The lowest BCUT2D eigenvalue weighted by atomic mass is 10.1. The lowest BCUT2D eigenvalue weighted by Crippen LogP contribution is -1.96. The van der Waals surface area contributed by atoms with E-state index in [9.17, 15) is 0 Å². The van der Waals surface area contributed by atoms with E-state index in [1.54, 1.807) is 11.8 Å². The number of fused-ring (bicyclic) bond motifs is 1. The lowest BCUT2D eigenvalue weighted by molar-refractivity contribution is 0.415. The van der Waals surface area contributed by atoms with Crippen molar-refractivity contribution >= 4 is 28.3 Å². The van der Waals surface area contributed by atoms with Gasteiger partial charge in [-0.05, 0) is 19.1 Å². The minimum atomic E-state index is 0.595. The zero-order valence-corrected chi connectivity index (χ0v) is 13.2. The molecule has 5 nitrogen and oxygen atoms in total. The van der Waals surface area contributed by atoms with E-state index in [0.717, 1.165) is 27.9 Å². The summed E-state index contributed by atoms with van der Waals surface area (Å²) >= 11 is 6.23.